The standard InChI is InChI=1S/C29H42IN2O9P.C10H13IN2O4.C10H15N2O4.C9H11IN2O5.CH4.3CH3.HI.Na.Sn/c1-28-10-8-17(33)12-16(28)4-5-18-19-6-7-24(29(19,2)11-9-20(18)28)41-42(37,38-3)39-15-23-22(34)13-25(40-23)32-14-21(30)26(35)31-27(32)36;1-2-7-6(14)3-8(17-7)13-4-5(11)9(15)12-10(13)16;1-2-7-6(13)5-9(16-7)12-4-3-8(14)11-10(12)15;10-4-2-12(9(16)11-8(4)15)7-1-5(14)6(3-13)17-7;;;;;;;/h14,16,18-20,22-25,34H,4-13,15H2,1-3H3,(H,31,35,36);4,6-8,14H,2-3H2,1H3,(H,12,15,16);4,6-9,13-14H,2,5H2,1H3,(H,11,15);2,5-7,13-14H,1,3H2,(H,11,15,16);1H4;3*1H3;1H;;/q;;;;;;;;;+1;/p-1/t16-,18?,19-,20?,22?,23?,24-,25?,28-,29-,42?;;6?,7?,8-,9?;;;;;;;;/m0.0......../s1/i30-2;;;;;;;;1-2;;. The van der Waals surface area contributed by atoms with E-state index in [1.54, 1.807) is 28.8 Å². The summed E-state index contributed by atoms with van der Waals surface area (Å²) < 4.78 is 59.3. The number of phosphoric ester groups is 1. The number of aliphatic hydroxyl groups is 6. The predicted molar refractivity (Wildman–Crippen MR) is 379 cm³/mol. The summed E-state index contributed by atoms with van der Waals surface area (Å²) in [4.78, 5) is 109. The maximum Gasteiger partial charge on any atom is 1.00 e. The Morgan fingerprint density at radius 1 is 0.667 bits per heavy atom. The van der Waals surface area contributed by atoms with Gasteiger partial charge in [0.1, 0.15) is 36.7 Å². The summed E-state index contributed by atoms with van der Waals surface area (Å²) in [5.74, 6) is 2.57. The van der Waals surface area contributed by atoms with Gasteiger partial charge in [0.15, 0.2) is 0 Å². The minimum absolute atomic E-state index is 0. The van der Waals surface area contributed by atoms with Gasteiger partial charge in [-0.05, 0) is 154 Å². The molecule has 4 aliphatic carbocycles. The molecule has 5 aliphatic heterocycles. The van der Waals surface area contributed by atoms with Gasteiger partial charge in [-0.15, -0.1) is 0 Å². The Hall–Kier alpha value is -0.851. The van der Waals surface area contributed by atoms with Crippen molar-refractivity contribution in [3.63, 3.8) is 0 Å². The molecule has 3 aromatic rings. The van der Waals surface area contributed by atoms with Crippen molar-refractivity contribution in [3.05, 3.63) is 102 Å². The molecule has 4 saturated carbocycles. The van der Waals surface area contributed by atoms with Crippen molar-refractivity contribution in [1.82, 2.24) is 38.9 Å². The number of nitrogens with one attached hydrogen (secondary N) is 4. The number of ether oxygens (including phenoxy) is 4. The fraction of sp³-hybridized carbons (Fsp3) is 0.742. The Morgan fingerprint density at radius 3 is 1.65 bits per heavy atom. The Labute approximate surface area is 657 Å². The molecule has 4 saturated heterocycles. The number of hydrogen-bond donors (Lipinski definition) is 10. The predicted octanol–water partition coefficient (Wildman–Crippen LogP) is -0.840. The van der Waals surface area contributed by atoms with Crippen LogP contribution in [0.2, 0.25) is 14.8 Å². The quantitative estimate of drug-likeness (QED) is 0.0534. The number of nitrogens with zero attached hydrogens (tertiary/aromatic N) is 4. The van der Waals surface area contributed by atoms with Gasteiger partial charge in [-0.3, -0.25) is 61.4 Å². The van der Waals surface area contributed by atoms with Gasteiger partial charge in [0, 0.05) is 57.8 Å². The van der Waals surface area contributed by atoms with Crippen LogP contribution >= 0.6 is 75.6 Å². The summed E-state index contributed by atoms with van der Waals surface area (Å²) >= 11 is 2.97. The molecule has 0 radical (unpaired) electrons. The third-order valence-electron chi connectivity index (χ3n) is 21.0. The zero-order valence-electron chi connectivity index (χ0n) is 56.2. The van der Waals surface area contributed by atoms with Crippen molar-refractivity contribution >= 4 is 106 Å². The summed E-state index contributed by atoms with van der Waals surface area (Å²) in [5, 5.41) is 61.4. The van der Waals surface area contributed by atoms with Crippen LogP contribution in [0.15, 0.2) is 57.1 Å². The first-order valence-electron chi connectivity index (χ1n) is 32.6. The van der Waals surface area contributed by atoms with E-state index < -0.39 is 128 Å². The molecule has 552 valence electrons. The molecule has 2 amide bonds. The number of urea groups is 1. The Morgan fingerprint density at radius 2 is 1.14 bits per heavy atom. The van der Waals surface area contributed by atoms with Gasteiger partial charge in [0.25, 0.3) is 16.7 Å². The van der Waals surface area contributed by atoms with Gasteiger partial charge in [-0.2, -0.15) is 0 Å². The molecule has 9 aliphatic rings. The van der Waals surface area contributed by atoms with E-state index in [0.717, 1.165) is 55.0 Å². The number of aromatic nitrogens is 6. The zero-order chi connectivity index (χ0) is 70.3. The Bertz CT molecular complexity index is 3670. The monoisotopic (exact) mass is 1980 g/mol. The zero-order valence-corrected chi connectivity index (χ0v) is 70.6. The molecule has 8 fully saturated rings. The number of phosphoric acid groups is 1. The second-order valence-corrected chi connectivity index (χ2v) is 47.5. The number of aliphatic hydroxyl groups excluding tert-OH is 6. The maximum atomic E-state index is 13.7. The third-order valence-corrected chi connectivity index (χ3v) is 30.8. The maximum absolute atomic E-state index is 13.7. The second kappa shape index (κ2) is 36.4. The van der Waals surface area contributed by atoms with E-state index in [9.17, 15) is 68.5 Å². The average molecular weight is 1980 g/mol. The summed E-state index contributed by atoms with van der Waals surface area (Å²) in [6.45, 7) is 8.00. The first-order chi connectivity index (χ1) is 45.1. The number of fused-ring (bicyclic) bond motifs is 5. The van der Waals surface area contributed by atoms with Crippen molar-refractivity contribution in [1.29, 1.82) is 0 Å². The molecule has 15 unspecified atom stereocenters. The van der Waals surface area contributed by atoms with Gasteiger partial charge in [-0.1, -0.05) is 28.2 Å². The largest absolute Gasteiger partial charge is 1.00 e. The summed E-state index contributed by atoms with van der Waals surface area (Å²) in [5.41, 5.74) is -3.01. The van der Waals surface area contributed by atoms with Crippen molar-refractivity contribution in [2.24, 2.45) is 34.5 Å². The van der Waals surface area contributed by atoms with Crippen LogP contribution in [0.5, 0.6) is 0 Å². The number of H-pyrrole nitrogens is 3. The van der Waals surface area contributed by atoms with Crippen LogP contribution in [0.4, 0.5) is 4.79 Å². The molecule has 21 atom stereocenters. The minimum Gasteiger partial charge on any atom is -1.00 e. The van der Waals surface area contributed by atoms with Crippen LogP contribution in [0.25, 0.3) is 0 Å². The van der Waals surface area contributed by atoms with Crippen LogP contribution in [0.1, 0.15) is 150 Å². The van der Waals surface area contributed by atoms with Crippen molar-refractivity contribution < 1.29 is 131 Å². The molecule has 8 heterocycles. The molecule has 10 N–H and O–H groups in total. The number of rotatable bonds is 14. The topological polar surface area (TPSA) is 417 Å². The molecule has 0 spiro atoms. The Kier molecular flexibility index (Phi) is 32.0. The number of hydrogen-bond acceptors (Lipinski definition) is 22. The van der Waals surface area contributed by atoms with Crippen LogP contribution in [0, 0.1) is 45.2 Å². The first-order valence-corrected chi connectivity index (χ1v) is 47.3. The van der Waals surface area contributed by atoms with Crippen LogP contribution < -0.4 is 92.6 Å². The molecular weight excluding hydrogens is 1890 g/mol. The van der Waals surface area contributed by atoms with E-state index in [0.29, 0.717) is 72.3 Å². The first kappa shape index (κ1) is 87.1. The summed E-state index contributed by atoms with van der Waals surface area (Å²) in [6.07, 6.45) is 8.42. The third kappa shape index (κ3) is 19.7. The number of carbonyl (C=O) groups excluding carboxylic acids is 2. The molecule has 37 heteroatoms. The normalized spacial score (nSPS) is 35.1. The van der Waals surface area contributed by atoms with E-state index in [1.807, 2.05) is 59.0 Å². The van der Waals surface area contributed by atoms with E-state index in [4.69, 9.17) is 37.6 Å². The average Bonchev–Trinajstić information content (AvgIpc) is 1.49. The van der Waals surface area contributed by atoms with Crippen LogP contribution in [-0.4, -0.2) is 182 Å². The molecule has 99 heavy (non-hydrogen) atoms. The number of carbonyl (C=O) groups is 2. The van der Waals surface area contributed by atoms with Crippen molar-refractivity contribution in [2.45, 2.75) is 232 Å². The number of ketones is 1. The van der Waals surface area contributed by atoms with Crippen LogP contribution in [0.3, 0.4) is 0 Å². The molecule has 3 aromatic heterocycles. The van der Waals surface area contributed by atoms with E-state index in [1.165, 1.54) is 44.3 Å². The van der Waals surface area contributed by atoms with Crippen molar-refractivity contribution in [2.75, 3.05) is 20.3 Å². The van der Waals surface area contributed by atoms with Gasteiger partial charge in [0.05, 0.1) is 54.4 Å². The Balaban J connectivity index is 0.000000227. The summed E-state index contributed by atoms with van der Waals surface area (Å²) in [7, 11) is -2.68. The van der Waals surface area contributed by atoms with E-state index in [2.05, 4.69) is 48.9 Å². The van der Waals surface area contributed by atoms with Gasteiger partial charge in [-0.25, -0.2) is 18.9 Å². The van der Waals surface area contributed by atoms with Gasteiger partial charge < -0.3 is 58.6 Å². The second-order valence-electron chi connectivity index (χ2n) is 27.8. The van der Waals surface area contributed by atoms with Gasteiger partial charge in [0.2, 0.25) is 0 Å². The van der Waals surface area contributed by atoms with E-state index in [-0.39, 0.29) is 122 Å². The fourth-order valence-corrected chi connectivity index (χ4v) is 22.2. The molecule has 12 rings (SSSR count). The molecule has 0 bridgehead atoms. The number of Topliss-reactive ketones (excluding diaryl/α,β-unsaturated/α-hetero) is 1. The summed E-state index contributed by atoms with van der Waals surface area (Å²) in [6, 6.07) is -0.370. The van der Waals surface area contributed by atoms with Gasteiger partial charge >= 0.3 is 178 Å². The number of halogens is 4. The van der Waals surface area contributed by atoms with Crippen molar-refractivity contribution in [3.8, 4) is 0 Å². The van der Waals surface area contributed by atoms with E-state index >= 15 is 0 Å². The number of aromatic amines is 3. The number of amides is 2. The SMILES string of the molecule is C.CCC1OC(N2C=[C]([Sn]([CH3])([CH3])[CH3])[C@H](O)NC2=O)CC1O.CCC1OC(n2cc(I)c(=O)[nH]c2=O)CC1O.COP(=O)(OCC1OC(n2cc([125I])c(=O)[nH]c2=O)CC1O)O[C@H]1CC[C@H]2C3CC[C@H]4CC(=O)CC[C@]4(C)C3CC[C@]12C.O=c1[nH]c(=O)n(C2CC(O)C(CO)O2)cc1I.[125I-].[Na+]. The smallest absolute Gasteiger partial charge is 1.00 e. The molecule has 30 nitrogen and oxygen atoms in total. The molecular formula is C62H94I4N8NaO22PSn. The fourth-order valence-electron chi connectivity index (χ4n) is 15.6. The minimum atomic E-state index is -3.98. The van der Waals surface area contributed by atoms with Crippen LogP contribution in [-0.2, 0) is 41.9 Å². The molecule has 0 aromatic carbocycles.